The molecule has 2 amide bonds. The van der Waals surface area contributed by atoms with Gasteiger partial charge in [-0.15, -0.1) is 0 Å². The zero-order chi connectivity index (χ0) is 27.7. The first-order chi connectivity index (χ1) is 17.8. The molecule has 0 saturated carbocycles. The quantitative estimate of drug-likeness (QED) is 0.488. The summed E-state index contributed by atoms with van der Waals surface area (Å²) in [6.07, 6.45) is 0.355. The lowest BCUT2D eigenvalue weighted by molar-refractivity contribution is -0.137. The lowest BCUT2D eigenvalue weighted by atomic mass is 9.93. The van der Waals surface area contributed by atoms with Crippen LogP contribution < -0.4 is 5.32 Å². The van der Waals surface area contributed by atoms with E-state index in [0.717, 1.165) is 30.8 Å². The molecule has 12 heteroatoms. The first-order valence-corrected chi connectivity index (χ1v) is 12.2. The summed E-state index contributed by atoms with van der Waals surface area (Å²) in [6.45, 7) is 8.31. The lowest BCUT2D eigenvalue weighted by Gasteiger charge is -2.33. The van der Waals surface area contributed by atoms with Gasteiger partial charge in [0.15, 0.2) is 5.82 Å². The van der Waals surface area contributed by atoms with Crippen molar-refractivity contribution < 1.29 is 27.5 Å². The topological polar surface area (TPSA) is 102 Å². The second-order valence-electron chi connectivity index (χ2n) is 10.1. The van der Waals surface area contributed by atoms with Gasteiger partial charge in [-0.3, -0.25) is 9.78 Å². The number of carbonyl (C=O) groups excluding carboxylic acids is 2. The first-order valence-electron chi connectivity index (χ1n) is 12.2. The van der Waals surface area contributed by atoms with Gasteiger partial charge in [-0.2, -0.15) is 18.3 Å². The average molecular weight is 531 g/mol. The van der Waals surface area contributed by atoms with Gasteiger partial charge in [-0.1, -0.05) is 0 Å². The molecule has 0 spiro atoms. The number of halogens is 3. The molecule has 0 radical (unpaired) electrons. The number of hydrogen-bond donors (Lipinski definition) is 1. The van der Waals surface area contributed by atoms with Gasteiger partial charge in [-0.25, -0.2) is 14.5 Å². The summed E-state index contributed by atoms with van der Waals surface area (Å²) < 4.78 is 45.2. The molecule has 0 aromatic carbocycles. The normalized spacial score (nSPS) is 14.9. The molecule has 1 aliphatic rings. The van der Waals surface area contributed by atoms with Crippen molar-refractivity contribution in [2.75, 3.05) is 18.4 Å². The maximum Gasteiger partial charge on any atom is 0.417 e. The molecule has 1 N–H and O–H groups in total. The highest BCUT2D eigenvalue weighted by Gasteiger charge is 2.31. The summed E-state index contributed by atoms with van der Waals surface area (Å²) in [7, 11) is 0. The molecule has 9 nitrogen and oxygen atoms in total. The Labute approximate surface area is 218 Å². The Kier molecular flexibility index (Phi) is 7.43. The Hall–Kier alpha value is -3.96. The molecular weight excluding hydrogens is 501 g/mol. The molecular formula is C26H29F3N6O3. The highest BCUT2D eigenvalue weighted by atomic mass is 19.4. The van der Waals surface area contributed by atoms with E-state index in [1.165, 1.54) is 16.9 Å². The van der Waals surface area contributed by atoms with Crippen LogP contribution in [0.1, 0.15) is 66.8 Å². The van der Waals surface area contributed by atoms with Crippen LogP contribution >= 0.6 is 0 Å². The number of piperidine rings is 1. The SMILES string of the molecule is Cc1c(C(=O)Nc2ccc(C3CCN(C(=O)OC(C)(C)C)CC3)nc2)cnn1-c1ccc(C(F)(F)F)cn1. The maximum absolute atomic E-state index is 12.8. The molecule has 1 saturated heterocycles. The number of nitrogens with one attached hydrogen (secondary N) is 1. The molecule has 0 bridgehead atoms. The number of carbonyl (C=O) groups is 2. The zero-order valence-corrected chi connectivity index (χ0v) is 21.5. The van der Waals surface area contributed by atoms with Crippen molar-refractivity contribution >= 4 is 17.7 Å². The minimum absolute atomic E-state index is 0.165. The fourth-order valence-electron chi connectivity index (χ4n) is 4.15. The van der Waals surface area contributed by atoms with Crippen molar-refractivity contribution in [2.45, 2.75) is 58.2 Å². The van der Waals surface area contributed by atoms with Crippen LogP contribution in [-0.4, -0.2) is 55.3 Å². The van der Waals surface area contributed by atoms with E-state index in [1.54, 1.807) is 24.1 Å². The smallest absolute Gasteiger partial charge is 0.417 e. The highest BCUT2D eigenvalue weighted by Crippen LogP contribution is 2.30. The van der Waals surface area contributed by atoms with Gasteiger partial charge >= 0.3 is 12.3 Å². The minimum atomic E-state index is -4.49. The van der Waals surface area contributed by atoms with Gasteiger partial charge in [0.05, 0.1) is 34.9 Å². The van der Waals surface area contributed by atoms with E-state index in [4.69, 9.17) is 4.74 Å². The number of pyridine rings is 2. The van der Waals surface area contributed by atoms with E-state index in [2.05, 4.69) is 20.4 Å². The number of rotatable bonds is 4. The number of anilines is 1. The standard InChI is InChI=1S/C26H29F3N6O3/c1-16-20(15-32-35(16)22-8-5-18(13-31-22)26(27,28)29)23(36)33-19-6-7-21(30-14-19)17-9-11-34(12-10-17)24(37)38-25(2,3)4/h5-8,13-15,17H,9-12H2,1-4H3,(H,33,36). The Morgan fingerprint density at radius 3 is 2.26 bits per heavy atom. The van der Waals surface area contributed by atoms with Crippen molar-refractivity contribution in [2.24, 2.45) is 0 Å². The van der Waals surface area contributed by atoms with Crippen LogP contribution in [-0.2, 0) is 10.9 Å². The Balaban J connectivity index is 1.36. The number of ether oxygens (including phenoxy) is 1. The summed E-state index contributed by atoms with van der Waals surface area (Å²) >= 11 is 0. The molecule has 4 rings (SSSR count). The number of aromatic nitrogens is 4. The zero-order valence-electron chi connectivity index (χ0n) is 21.5. The van der Waals surface area contributed by atoms with E-state index in [1.807, 2.05) is 26.8 Å². The number of hydrogen-bond acceptors (Lipinski definition) is 6. The van der Waals surface area contributed by atoms with Crippen LogP contribution in [0, 0.1) is 6.92 Å². The van der Waals surface area contributed by atoms with Crippen molar-refractivity contribution in [3.63, 3.8) is 0 Å². The third kappa shape index (κ3) is 6.29. The lowest BCUT2D eigenvalue weighted by Crippen LogP contribution is -2.41. The summed E-state index contributed by atoms with van der Waals surface area (Å²) in [5.41, 5.74) is 0.649. The Morgan fingerprint density at radius 1 is 1.00 bits per heavy atom. The van der Waals surface area contributed by atoms with Crippen LogP contribution in [0.4, 0.5) is 23.7 Å². The van der Waals surface area contributed by atoms with E-state index >= 15 is 0 Å². The predicted octanol–water partition coefficient (Wildman–Crippen LogP) is 5.36. The van der Waals surface area contributed by atoms with E-state index in [0.29, 0.717) is 24.5 Å². The molecule has 0 unspecified atom stereocenters. The minimum Gasteiger partial charge on any atom is -0.444 e. The molecule has 0 aliphatic carbocycles. The van der Waals surface area contributed by atoms with Gasteiger partial charge in [0.2, 0.25) is 0 Å². The van der Waals surface area contributed by atoms with Gasteiger partial charge in [0.1, 0.15) is 5.60 Å². The second kappa shape index (κ2) is 10.4. The van der Waals surface area contributed by atoms with Crippen molar-refractivity contribution in [3.05, 3.63) is 65.4 Å². The number of alkyl halides is 3. The van der Waals surface area contributed by atoms with Crippen LogP contribution in [0.3, 0.4) is 0 Å². The number of amides is 2. The molecule has 202 valence electrons. The first kappa shape index (κ1) is 27.1. The Bertz CT molecular complexity index is 1290. The van der Waals surface area contributed by atoms with Crippen LogP contribution in [0.5, 0.6) is 0 Å². The molecule has 1 fully saturated rings. The summed E-state index contributed by atoms with van der Waals surface area (Å²) in [5, 5.41) is 6.89. The molecule has 1 aliphatic heterocycles. The van der Waals surface area contributed by atoms with E-state index in [-0.39, 0.29) is 23.4 Å². The summed E-state index contributed by atoms with van der Waals surface area (Å²) in [5.74, 6) is -0.0747. The molecule has 3 aromatic rings. The fraction of sp³-hybridized carbons (Fsp3) is 0.423. The fourth-order valence-corrected chi connectivity index (χ4v) is 4.15. The van der Waals surface area contributed by atoms with Crippen molar-refractivity contribution in [1.82, 2.24) is 24.6 Å². The van der Waals surface area contributed by atoms with Crippen LogP contribution in [0.15, 0.2) is 42.9 Å². The third-order valence-electron chi connectivity index (χ3n) is 6.16. The maximum atomic E-state index is 12.8. The van der Waals surface area contributed by atoms with Gasteiger partial charge in [0.25, 0.3) is 5.91 Å². The number of likely N-dealkylation sites (tertiary alicyclic amines) is 1. The molecule has 4 heterocycles. The van der Waals surface area contributed by atoms with Crippen molar-refractivity contribution in [1.29, 1.82) is 0 Å². The van der Waals surface area contributed by atoms with Gasteiger partial charge < -0.3 is 15.0 Å². The summed E-state index contributed by atoms with van der Waals surface area (Å²) in [6, 6.07) is 5.73. The largest absolute Gasteiger partial charge is 0.444 e. The number of nitrogens with zero attached hydrogens (tertiary/aromatic N) is 5. The molecule has 38 heavy (non-hydrogen) atoms. The van der Waals surface area contributed by atoms with E-state index in [9.17, 15) is 22.8 Å². The monoisotopic (exact) mass is 530 g/mol. The molecule has 3 aromatic heterocycles. The van der Waals surface area contributed by atoms with Crippen LogP contribution in [0.2, 0.25) is 0 Å². The van der Waals surface area contributed by atoms with Crippen molar-refractivity contribution in [3.8, 4) is 5.82 Å². The molecule has 0 atom stereocenters. The Morgan fingerprint density at radius 2 is 1.71 bits per heavy atom. The van der Waals surface area contributed by atoms with Crippen LogP contribution in [0.25, 0.3) is 5.82 Å². The van der Waals surface area contributed by atoms with Gasteiger partial charge in [-0.05, 0) is 64.8 Å². The highest BCUT2D eigenvalue weighted by molar-refractivity contribution is 6.04. The average Bonchev–Trinajstić information content (AvgIpc) is 3.24. The third-order valence-corrected chi connectivity index (χ3v) is 6.16. The van der Waals surface area contributed by atoms with E-state index < -0.39 is 23.2 Å². The second-order valence-corrected chi connectivity index (χ2v) is 10.1. The summed E-state index contributed by atoms with van der Waals surface area (Å²) in [4.78, 5) is 35.2. The predicted molar refractivity (Wildman–Crippen MR) is 133 cm³/mol. The van der Waals surface area contributed by atoms with Gasteiger partial charge in [0, 0.05) is 30.9 Å².